The fraction of sp³-hybridized carbons (Fsp3) is 0.412. The minimum atomic E-state index is 0.517. The molecule has 2 rings (SSSR count). The summed E-state index contributed by atoms with van der Waals surface area (Å²) in [5, 5.41) is 3.48. The zero-order valence-corrected chi connectivity index (χ0v) is 12.4. The minimum Gasteiger partial charge on any atom is -0.346 e. The molecule has 0 aliphatic carbocycles. The van der Waals surface area contributed by atoms with Crippen molar-refractivity contribution in [2.75, 3.05) is 0 Å². The van der Waals surface area contributed by atoms with Crippen LogP contribution in [-0.4, -0.2) is 10.6 Å². The highest BCUT2D eigenvalue weighted by atomic mass is 15.0. The lowest BCUT2D eigenvalue weighted by molar-refractivity contribution is 0.564. The van der Waals surface area contributed by atoms with Crippen molar-refractivity contribution < 1.29 is 0 Å². The average Bonchev–Trinajstić information content (AvgIpc) is 2.79. The lowest BCUT2D eigenvalue weighted by Crippen LogP contribution is -2.23. The van der Waals surface area contributed by atoms with Crippen LogP contribution < -0.4 is 5.32 Å². The van der Waals surface area contributed by atoms with Crippen molar-refractivity contribution in [2.24, 2.45) is 0 Å². The average molecular weight is 256 g/mol. The molecule has 1 N–H and O–H groups in total. The molecule has 2 heteroatoms. The quantitative estimate of drug-likeness (QED) is 0.864. The molecule has 0 unspecified atom stereocenters. The first-order valence-corrected chi connectivity index (χ1v) is 7.00. The van der Waals surface area contributed by atoms with Gasteiger partial charge in [-0.1, -0.05) is 32.0 Å². The van der Waals surface area contributed by atoms with E-state index in [1.807, 2.05) is 0 Å². The second-order valence-corrected chi connectivity index (χ2v) is 5.53. The van der Waals surface area contributed by atoms with Gasteiger partial charge in [0.2, 0.25) is 0 Å². The van der Waals surface area contributed by atoms with Crippen molar-refractivity contribution in [1.29, 1.82) is 0 Å². The third-order valence-corrected chi connectivity index (χ3v) is 3.59. The van der Waals surface area contributed by atoms with Crippen LogP contribution in [0.15, 0.2) is 36.5 Å². The summed E-state index contributed by atoms with van der Waals surface area (Å²) >= 11 is 0. The van der Waals surface area contributed by atoms with Crippen molar-refractivity contribution in [3.63, 3.8) is 0 Å². The minimum absolute atomic E-state index is 0.517. The van der Waals surface area contributed by atoms with Gasteiger partial charge in [-0.2, -0.15) is 0 Å². The molecule has 0 aliphatic rings. The van der Waals surface area contributed by atoms with Crippen molar-refractivity contribution in [2.45, 2.75) is 46.8 Å². The fourth-order valence-electron chi connectivity index (χ4n) is 2.34. The van der Waals surface area contributed by atoms with E-state index in [1.54, 1.807) is 0 Å². The van der Waals surface area contributed by atoms with E-state index < -0.39 is 0 Å². The molecule has 1 aromatic heterocycles. The first-order valence-electron chi connectivity index (χ1n) is 7.00. The molecule has 0 fully saturated rings. The van der Waals surface area contributed by atoms with Gasteiger partial charge in [0.1, 0.15) is 0 Å². The van der Waals surface area contributed by atoms with Crippen molar-refractivity contribution in [3.05, 3.63) is 58.9 Å². The van der Waals surface area contributed by atoms with E-state index in [9.17, 15) is 0 Å². The van der Waals surface area contributed by atoms with Crippen LogP contribution in [0.3, 0.4) is 0 Å². The van der Waals surface area contributed by atoms with Crippen molar-refractivity contribution >= 4 is 0 Å². The van der Waals surface area contributed by atoms with E-state index in [0.717, 1.165) is 13.1 Å². The SMILES string of the molecule is Cc1cccc(C)c1Cn1cccc1CNC(C)C. The van der Waals surface area contributed by atoms with E-state index in [1.165, 1.54) is 22.4 Å². The second kappa shape index (κ2) is 6.07. The van der Waals surface area contributed by atoms with Crippen LogP contribution in [-0.2, 0) is 13.1 Å². The Bertz CT molecular complexity index is 518. The maximum Gasteiger partial charge on any atom is 0.0478 e. The molecule has 0 amide bonds. The Kier molecular flexibility index (Phi) is 4.43. The summed E-state index contributed by atoms with van der Waals surface area (Å²) in [6.07, 6.45) is 2.17. The third kappa shape index (κ3) is 3.48. The van der Waals surface area contributed by atoms with Crippen molar-refractivity contribution in [1.82, 2.24) is 9.88 Å². The monoisotopic (exact) mass is 256 g/mol. The predicted octanol–water partition coefficient (Wildman–Crippen LogP) is 3.65. The van der Waals surface area contributed by atoms with Crippen molar-refractivity contribution in [3.8, 4) is 0 Å². The van der Waals surface area contributed by atoms with E-state index in [2.05, 4.69) is 74.1 Å². The maximum atomic E-state index is 3.48. The third-order valence-electron chi connectivity index (χ3n) is 3.59. The summed E-state index contributed by atoms with van der Waals surface area (Å²) in [7, 11) is 0. The van der Waals surface area contributed by atoms with Crippen LogP contribution in [0.25, 0.3) is 0 Å². The molecule has 19 heavy (non-hydrogen) atoms. The van der Waals surface area contributed by atoms with E-state index in [-0.39, 0.29) is 0 Å². The Morgan fingerprint density at radius 2 is 1.74 bits per heavy atom. The molecule has 0 radical (unpaired) electrons. The Morgan fingerprint density at radius 1 is 1.05 bits per heavy atom. The molecule has 1 aromatic carbocycles. The molecule has 0 spiro atoms. The largest absolute Gasteiger partial charge is 0.346 e. The van der Waals surface area contributed by atoms with Crippen LogP contribution in [0.4, 0.5) is 0 Å². The summed E-state index contributed by atoms with van der Waals surface area (Å²) < 4.78 is 2.34. The number of benzene rings is 1. The number of nitrogens with zero attached hydrogens (tertiary/aromatic N) is 1. The number of aryl methyl sites for hydroxylation is 2. The number of hydrogen-bond donors (Lipinski definition) is 1. The molecule has 2 nitrogen and oxygen atoms in total. The molecule has 2 aromatic rings. The van der Waals surface area contributed by atoms with Gasteiger partial charge in [0.05, 0.1) is 0 Å². The van der Waals surface area contributed by atoms with Crippen LogP contribution in [0.1, 0.15) is 36.2 Å². The van der Waals surface area contributed by atoms with Gasteiger partial charge in [0, 0.05) is 31.0 Å². The first kappa shape index (κ1) is 13.9. The summed E-state index contributed by atoms with van der Waals surface area (Å²) in [5.41, 5.74) is 5.52. The normalized spacial score (nSPS) is 11.2. The van der Waals surface area contributed by atoms with Gasteiger partial charge < -0.3 is 9.88 Å². The zero-order valence-electron chi connectivity index (χ0n) is 12.4. The molecule has 1 heterocycles. The highest BCUT2D eigenvalue weighted by Crippen LogP contribution is 2.16. The lowest BCUT2D eigenvalue weighted by Gasteiger charge is -2.15. The van der Waals surface area contributed by atoms with Gasteiger partial charge in [-0.05, 0) is 42.7 Å². The van der Waals surface area contributed by atoms with Gasteiger partial charge in [-0.25, -0.2) is 0 Å². The first-order chi connectivity index (χ1) is 9.08. The smallest absolute Gasteiger partial charge is 0.0478 e. The molecule has 0 bridgehead atoms. The Morgan fingerprint density at radius 3 is 2.37 bits per heavy atom. The van der Waals surface area contributed by atoms with E-state index in [4.69, 9.17) is 0 Å². The zero-order chi connectivity index (χ0) is 13.8. The molecule has 0 saturated heterocycles. The van der Waals surface area contributed by atoms with Crippen LogP contribution in [0, 0.1) is 13.8 Å². The van der Waals surface area contributed by atoms with E-state index in [0.29, 0.717) is 6.04 Å². The number of hydrogen-bond acceptors (Lipinski definition) is 1. The summed E-state index contributed by atoms with van der Waals surface area (Å²) in [6, 6.07) is 11.4. The summed E-state index contributed by atoms with van der Waals surface area (Å²) in [6.45, 7) is 10.6. The molecule has 0 aliphatic heterocycles. The maximum absolute atomic E-state index is 3.48. The Balaban J connectivity index is 2.17. The van der Waals surface area contributed by atoms with Gasteiger partial charge in [0.15, 0.2) is 0 Å². The Labute approximate surface area is 116 Å². The summed E-state index contributed by atoms with van der Waals surface area (Å²) in [4.78, 5) is 0. The molecule has 102 valence electrons. The molecule has 0 saturated carbocycles. The number of rotatable bonds is 5. The lowest BCUT2D eigenvalue weighted by atomic mass is 10.0. The standard InChI is InChI=1S/C17H24N2/c1-13(2)18-11-16-9-6-10-19(16)12-17-14(3)7-5-8-15(17)4/h5-10,13,18H,11-12H2,1-4H3. The Hall–Kier alpha value is -1.54. The van der Waals surface area contributed by atoms with Crippen LogP contribution in [0.5, 0.6) is 0 Å². The highest BCUT2D eigenvalue weighted by molar-refractivity contribution is 5.34. The fourth-order valence-corrected chi connectivity index (χ4v) is 2.34. The molecule has 0 atom stereocenters. The topological polar surface area (TPSA) is 17.0 Å². The van der Waals surface area contributed by atoms with Gasteiger partial charge in [0.25, 0.3) is 0 Å². The second-order valence-electron chi connectivity index (χ2n) is 5.53. The summed E-state index contributed by atoms with van der Waals surface area (Å²) in [5.74, 6) is 0. The van der Waals surface area contributed by atoms with Gasteiger partial charge >= 0.3 is 0 Å². The van der Waals surface area contributed by atoms with Crippen LogP contribution in [0.2, 0.25) is 0 Å². The van der Waals surface area contributed by atoms with Gasteiger partial charge in [-0.3, -0.25) is 0 Å². The van der Waals surface area contributed by atoms with Crippen LogP contribution >= 0.6 is 0 Å². The number of aromatic nitrogens is 1. The predicted molar refractivity (Wildman–Crippen MR) is 81.4 cm³/mol. The molecular formula is C17H24N2. The molecular weight excluding hydrogens is 232 g/mol. The highest BCUT2D eigenvalue weighted by Gasteiger charge is 2.06. The van der Waals surface area contributed by atoms with E-state index >= 15 is 0 Å². The van der Waals surface area contributed by atoms with Gasteiger partial charge in [-0.15, -0.1) is 0 Å². The number of nitrogens with one attached hydrogen (secondary N) is 1.